The minimum Gasteiger partial charge on any atom is -0.371 e. The Bertz CT molecular complexity index is 875. The third-order valence-electron chi connectivity index (χ3n) is 4.53. The maximum atomic E-state index is 11.5. The normalized spacial score (nSPS) is 14.6. The standard InChI is InChI=1S/C19H19N3O/c1-14(23)15-7-8-19-18(11-15)20-13-22(19)17-6-4-5-16(12-17)21-9-2-3-10-21/h4-8,11-13H,2-3,9-10H2,1H3. The number of nitrogens with zero attached hydrogens (tertiary/aromatic N) is 3. The molecule has 1 aliphatic heterocycles. The Morgan fingerprint density at radius 1 is 1.04 bits per heavy atom. The van der Waals surface area contributed by atoms with Gasteiger partial charge in [-0.25, -0.2) is 4.98 Å². The van der Waals surface area contributed by atoms with Gasteiger partial charge < -0.3 is 4.90 Å². The fourth-order valence-electron chi connectivity index (χ4n) is 3.25. The van der Waals surface area contributed by atoms with E-state index in [9.17, 15) is 4.79 Å². The van der Waals surface area contributed by atoms with Crippen LogP contribution in [0.15, 0.2) is 48.8 Å². The molecule has 1 saturated heterocycles. The molecule has 0 spiro atoms. The molecule has 0 unspecified atom stereocenters. The number of hydrogen-bond acceptors (Lipinski definition) is 3. The molecule has 23 heavy (non-hydrogen) atoms. The number of aromatic nitrogens is 2. The van der Waals surface area contributed by atoms with Gasteiger partial charge in [-0.05, 0) is 56.2 Å². The van der Waals surface area contributed by atoms with Crippen molar-refractivity contribution in [3.63, 3.8) is 0 Å². The zero-order valence-electron chi connectivity index (χ0n) is 13.2. The van der Waals surface area contributed by atoms with Gasteiger partial charge in [-0.3, -0.25) is 9.36 Å². The van der Waals surface area contributed by atoms with Crippen molar-refractivity contribution in [2.24, 2.45) is 0 Å². The summed E-state index contributed by atoms with van der Waals surface area (Å²) < 4.78 is 2.08. The van der Waals surface area contributed by atoms with Crippen LogP contribution in [0.25, 0.3) is 16.7 Å². The molecule has 0 N–H and O–H groups in total. The fraction of sp³-hybridized carbons (Fsp3) is 0.263. The van der Waals surface area contributed by atoms with Gasteiger partial charge in [-0.15, -0.1) is 0 Å². The summed E-state index contributed by atoms with van der Waals surface area (Å²) in [4.78, 5) is 18.4. The van der Waals surface area contributed by atoms with Gasteiger partial charge >= 0.3 is 0 Å². The minimum absolute atomic E-state index is 0.0671. The number of benzene rings is 2. The van der Waals surface area contributed by atoms with Crippen molar-refractivity contribution in [1.29, 1.82) is 0 Å². The van der Waals surface area contributed by atoms with Crippen LogP contribution in [0.5, 0.6) is 0 Å². The molecule has 116 valence electrons. The second-order valence-corrected chi connectivity index (χ2v) is 6.09. The van der Waals surface area contributed by atoms with Crippen molar-refractivity contribution < 1.29 is 4.79 Å². The monoisotopic (exact) mass is 305 g/mol. The van der Waals surface area contributed by atoms with Gasteiger partial charge in [0, 0.05) is 30.0 Å². The van der Waals surface area contributed by atoms with Crippen LogP contribution >= 0.6 is 0 Å². The Morgan fingerprint density at radius 2 is 1.83 bits per heavy atom. The largest absolute Gasteiger partial charge is 0.371 e. The van der Waals surface area contributed by atoms with Crippen molar-refractivity contribution >= 4 is 22.5 Å². The van der Waals surface area contributed by atoms with E-state index in [2.05, 4.69) is 38.7 Å². The highest BCUT2D eigenvalue weighted by atomic mass is 16.1. The molecule has 1 aliphatic rings. The highest BCUT2D eigenvalue weighted by Crippen LogP contribution is 2.25. The highest BCUT2D eigenvalue weighted by Gasteiger charge is 2.13. The van der Waals surface area contributed by atoms with Crippen molar-refractivity contribution in [2.45, 2.75) is 19.8 Å². The lowest BCUT2D eigenvalue weighted by Gasteiger charge is -2.18. The Morgan fingerprint density at radius 3 is 2.61 bits per heavy atom. The molecule has 0 saturated carbocycles. The molecule has 4 heteroatoms. The molecule has 0 amide bonds. The molecule has 3 aromatic rings. The van der Waals surface area contributed by atoms with Crippen molar-refractivity contribution in [1.82, 2.24) is 9.55 Å². The average molecular weight is 305 g/mol. The fourth-order valence-corrected chi connectivity index (χ4v) is 3.25. The van der Waals surface area contributed by atoms with Gasteiger partial charge in [0.1, 0.15) is 6.33 Å². The molecule has 0 bridgehead atoms. The summed E-state index contributed by atoms with van der Waals surface area (Å²) in [6.07, 6.45) is 4.37. The molecule has 2 aromatic carbocycles. The molecule has 1 fully saturated rings. The maximum Gasteiger partial charge on any atom is 0.159 e. The first-order chi connectivity index (χ1) is 11.2. The lowest BCUT2D eigenvalue weighted by molar-refractivity contribution is 0.101. The number of anilines is 1. The third kappa shape index (κ3) is 2.50. The van der Waals surface area contributed by atoms with Gasteiger partial charge in [-0.2, -0.15) is 0 Å². The molecule has 0 radical (unpaired) electrons. The Kier molecular flexibility index (Phi) is 3.37. The SMILES string of the molecule is CC(=O)c1ccc2c(c1)ncn2-c1cccc(N2CCCC2)c1. The summed E-state index contributed by atoms with van der Waals surface area (Å²) in [6, 6.07) is 14.3. The Labute approximate surface area is 135 Å². The number of carbonyl (C=O) groups is 1. The van der Waals surface area contributed by atoms with Crippen LogP contribution in [0.4, 0.5) is 5.69 Å². The minimum atomic E-state index is 0.0671. The summed E-state index contributed by atoms with van der Waals surface area (Å²) in [5.41, 5.74) is 4.95. The third-order valence-corrected chi connectivity index (χ3v) is 4.53. The van der Waals surface area contributed by atoms with E-state index in [1.165, 1.54) is 18.5 Å². The van der Waals surface area contributed by atoms with Gasteiger partial charge in [0.25, 0.3) is 0 Å². The number of carbonyl (C=O) groups excluding carboxylic acids is 1. The number of Topliss-reactive ketones (excluding diaryl/α,β-unsaturated/α-hetero) is 1. The van der Waals surface area contributed by atoms with Crippen LogP contribution in [0, 0.1) is 0 Å². The second-order valence-electron chi connectivity index (χ2n) is 6.09. The molecule has 4 nitrogen and oxygen atoms in total. The smallest absolute Gasteiger partial charge is 0.159 e. The van der Waals surface area contributed by atoms with E-state index >= 15 is 0 Å². The number of fused-ring (bicyclic) bond motifs is 1. The molecule has 4 rings (SSSR count). The second kappa shape index (κ2) is 5.54. The molecular weight excluding hydrogens is 286 g/mol. The highest BCUT2D eigenvalue weighted by molar-refractivity contribution is 5.97. The van der Waals surface area contributed by atoms with E-state index in [-0.39, 0.29) is 5.78 Å². The van der Waals surface area contributed by atoms with Crippen LogP contribution in [0.1, 0.15) is 30.1 Å². The lowest BCUT2D eigenvalue weighted by Crippen LogP contribution is -2.17. The summed E-state index contributed by atoms with van der Waals surface area (Å²) in [5.74, 6) is 0.0671. The van der Waals surface area contributed by atoms with Gasteiger partial charge in [0.05, 0.1) is 11.0 Å². The Hall–Kier alpha value is -2.62. The summed E-state index contributed by atoms with van der Waals surface area (Å²) in [7, 11) is 0. The molecule has 2 heterocycles. The zero-order valence-corrected chi connectivity index (χ0v) is 13.2. The number of imidazole rings is 1. The van der Waals surface area contributed by atoms with Gasteiger partial charge in [0.2, 0.25) is 0 Å². The first-order valence-electron chi connectivity index (χ1n) is 8.06. The Balaban J connectivity index is 1.77. The van der Waals surface area contributed by atoms with E-state index < -0.39 is 0 Å². The predicted molar refractivity (Wildman–Crippen MR) is 92.5 cm³/mol. The first kappa shape index (κ1) is 14.0. The zero-order chi connectivity index (χ0) is 15.8. The van der Waals surface area contributed by atoms with E-state index in [4.69, 9.17) is 0 Å². The van der Waals surface area contributed by atoms with Crippen molar-refractivity contribution in [3.05, 3.63) is 54.4 Å². The topological polar surface area (TPSA) is 38.1 Å². The van der Waals surface area contributed by atoms with Crippen LogP contribution in [0.2, 0.25) is 0 Å². The summed E-state index contributed by atoms with van der Waals surface area (Å²) in [6.45, 7) is 3.85. The maximum absolute atomic E-state index is 11.5. The predicted octanol–water partition coefficient (Wildman–Crippen LogP) is 3.83. The summed E-state index contributed by atoms with van der Waals surface area (Å²) in [5, 5.41) is 0. The van der Waals surface area contributed by atoms with E-state index in [0.29, 0.717) is 5.56 Å². The van der Waals surface area contributed by atoms with Crippen LogP contribution in [0.3, 0.4) is 0 Å². The number of rotatable bonds is 3. The first-order valence-corrected chi connectivity index (χ1v) is 8.06. The van der Waals surface area contributed by atoms with Crippen LogP contribution in [-0.4, -0.2) is 28.4 Å². The van der Waals surface area contributed by atoms with E-state index in [1.807, 2.05) is 24.5 Å². The molecule has 1 aromatic heterocycles. The summed E-state index contributed by atoms with van der Waals surface area (Å²) >= 11 is 0. The average Bonchev–Trinajstić information content (AvgIpc) is 3.24. The molecule has 0 aliphatic carbocycles. The van der Waals surface area contributed by atoms with Crippen molar-refractivity contribution in [2.75, 3.05) is 18.0 Å². The lowest BCUT2D eigenvalue weighted by atomic mass is 10.1. The van der Waals surface area contributed by atoms with Crippen LogP contribution < -0.4 is 4.90 Å². The number of hydrogen-bond donors (Lipinski definition) is 0. The molecular formula is C19H19N3O. The van der Waals surface area contributed by atoms with Crippen molar-refractivity contribution in [3.8, 4) is 5.69 Å². The quantitative estimate of drug-likeness (QED) is 0.690. The van der Waals surface area contributed by atoms with E-state index in [1.54, 1.807) is 6.92 Å². The van der Waals surface area contributed by atoms with Gasteiger partial charge in [0.15, 0.2) is 5.78 Å². The van der Waals surface area contributed by atoms with Crippen LogP contribution in [-0.2, 0) is 0 Å². The molecule has 0 atom stereocenters. The number of ketones is 1. The van der Waals surface area contributed by atoms with Gasteiger partial charge in [-0.1, -0.05) is 6.07 Å². The van der Waals surface area contributed by atoms with E-state index in [0.717, 1.165) is 29.8 Å².